The zero-order chi connectivity index (χ0) is 24.0. The van der Waals surface area contributed by atoms with Crippen LogP contribution < -0.4 is 5.32 Å². The molecule has 3 rings (SSSR count). The summed E-state index contributed by atoms with van der Waals surface area (Å²) in [6, 6.07) is 14.1. The van der Waals surface area contributed by atoms with E-state index in [1.165, 1.54) is 11.1 Å². The van der Waals surface area contributed by atoms with Crippen molar-refractivity contribution in [2.24, 2.45) is 5.92 Å². The molecule has 3 N–H and O–H groups in total. The van der Waals surface area contributed by atoms with Crippen LogP contribution in [0.4, 0.5) is 0 Å². The first-order valence-corrected chi connectivity index (χ1v) is 12.1. The number of β-amino-alcohol motifs (C(OH)–C–C–N with tert-alkyl or cyclic N) is 1. The summed E-state index contributed by atoms with van der Waals surface area (Å²) in [5.74, 6) is -0.222. The second-order valence-electron chi connectivity index (χ2n) is 9.88. The van der Waals surface area contributed by atoms with E-state index in [1.807, 2.05) is 19.1 Å². The maximum absolute atomic E-state index is 11.0. The number of rotatable bonds is 12. The van der Waals surface area contributed by atoms with Gasteiger partial charge in [0.1, 0.15) is 0 Å². The summed E-state index contributed by atoms with van der Waals surface area (Å²) in [6.45, 7) is 6.91. The molecule has 0 heterocycles. The van der Waals surface area contributed by atoms with Gasteiger partial charge in [-0.25, -0.2) is 0 Å². The topological polar surface area (TPSA) is 78.8 Å². The van der Waals surface area contributed by atoms with Crippen molar-refractivity contribution in [3.63, 3.8) is 0 Å². The van der Waals surface area contributed by atoms with E-state index in [9.17, 15) is 9.90 Å². The van der Waals surface area contributed by atoms with Crippen molar-refractivity contribution in [1.29, 1.82) is 0 Å². The molecule has 0 saturated carbocycles. The number of hydrogen-bond acceptors (Lipinski definition) is 4. The van der Waals surface area contributed by atoms with Gasteiger partial charge < -0.3 is 20.3 Å². The van der Waals surface area contributed by atoms with E-state index in [2.05, 4.69) is 43.4 Å². The van der Waals surface area contributed by atoms with Gasteiger partial charge in [0.2, 0.25) is 0 Å². The second kappa shape index (κ2) is 11.5. The highest BCUT2D eigenvalue weighted by atomic mass is 35.5. The molecule has 33 heavy (non-hydrogen) atoms. The normalized spacial score (nSPS) is 15.9. The zero-order valence-electron chi connectivity index (χ0n) is 19.8. The predicted molar refractivity (Wildman–Crippen MR) is 132 cm³/mol. The van der Waals surface area contributed by atoms with E-state index in [-0.39, 0.29) is 24.7 Å². The van der Waals surface area contributed by atoms with E-state index in [0.29, 0.717) is 23.9 Å². The Kier molecular flexibility index (Phi) is 8.94. The van der Waals surface area contributed by atoms with E-state index in [0.717, 1.165) is 30.4 Å². The molecule has 0 radical (unpaired) electrons. The van der Waals surface area contributed by atoms with Crippen LogP contribution in [0.2, 0.25) is 5.02 Å². The van der Waals surface area contributed by atoms with Crippen molar-refractivity contribution < 1.29 is 19.7 Å². The number of aliphatic hydroxyl groups is 1. The largest absolute Gasteiger partial charge is 0.481 e. The van der Waals surface area contributed by atoms with Crippen LogP contribution in [0, 0.1) is 5.92 Å². The Morgan fingerprint density at radius 1 is 1.21 bits per heavy atom. The first-order chi connectivity index (χ1) is 15.6. The Morgan fingerprint density at radius 2 is 1.88 bits per heavy atom. The average molecular weight is 474 g/mol. The molecule has 0 saturated heterocycles. The maximum Gasteiger partial charge on any atom is 0.303 e. The van der Waals surface area contributed by atoms with Crippen molar-refractivity contribution in [2.75, 3.05) is 13.2 Å². The molecule has 1 aliphatic carbocycles. The molecular formula is C27H36ClNO4. The number of hydrogen-bond donors (Lipinski definition) is 3. The van der Waals surface area contributed by atoms with Gasteiger partial charge in [-0.05, 0) is 86.8 Å². The van der Waals surface area contributed by atoms with E-state index < -0.39 is 12.1 Å². The third kappa shape index (κ3) is 7.82. The molecule has 0 aromatic heterocycles. The van der Waals surface area contributed by atoms with Gasteiger partial charge in [0.25, 0.3) is 0 Å². The molecule has 0 bridgehead atoms. The lowest BCUT2D eigenvalue weighted by atomic mass is 9.88. The summed E-state index contributed by atoms with van der Waals surface area (Å²) in [5.41, 5.74) is 4.61. The van der Waals surface area contributed by atoms with Gasteiger partial charge in [0.15, 0.2) is 0 Å². The molecule has 0 fully saturated rings. The van der Waals surface area contributed by atoms with Gasteiger partial charge in [-0.1, -0.05) is 41.9 Å². The van der Waals surface area contributed by atoms with Crippen LogP contribution in [0.3, 0.4) is 0 Å². The third-order valence-electron chi connectivity index (χ3n) is 6.44. The lowest BCUT2D eigenvalue weighted by molar-refractivity contribution is -0.136. The van der Waals surface area contributed by atoms with Crippen molar-refractivity contribution in [3.05, 3.63) is 69.7 Å². The average Bonchev–Trinajstić information content (AvgIpc) is 3.16. The number of ether oxygens (including phenoxy) is 1. The van der Waals surface area contributed by atoms with Crippen LogP contribution in [0.25, 0.3) is 0 Å². The highest BCUT2D eigenvalue weighted by Gasteiger charge is 2.28. The van der Waals surface area contributed by atoms with Crippen molar-refractivity contribution in [1.82, 2.24) is 5.32 Å². The Labute approximate surface area is 202 Å². The number of aryl methyl sites for hydroxylation is 1. The molecule has 180 valence electrons. The second-order valence-corrected chi connectivity index (χ2v) is 10.3. The molecule has 0 spiro atoms. The number of carbonyl (C=O) groups is 1. The van der Waals surface area contributed by atoms with Gasteiger partial charge in [-0.15, -0.1) is 0 Å². The number of carboxylic acids is 1. The fourth-order valence-electron chi connectivity index (χ4n) is 4.80. The zero-order valence-corrected chi connectivity index (χ0v) is 20.6. The van der Waals surface area contributed by atoms with Crippen LogP contribution in [0.1, 0.15) is 62.0 Å². The summed E-state index contributed by atoms with van der Waals surface area (Å²) in [5, 5.41) is 23.6. The Hall–Kier alpha value is -1.92. The minimum Gasteiger partial charge on any atom is -0.481 e. The molecule has 0 unspecified atom stereocenters. The third-order valence-corrected chi connectivity index (χ3v) is 6.68. The van der Waals surface area contributed by atoms with Crippen LogP contribution >= 0.6 is 11.6 Å². The van der Waals surface area contributed by atoms with Crippen molar-refractivity contribution in [3.8, 4) is 0 Å². The van der Waals surface area contributed by atoms with Crippen LogP contribution in [-0.2, 0) is 28.8 Å². The van der Waals surface area contributed by atoms with Gasteiger partial charge in [0.05, 0.1) is 18.8 Å². The van der Waals surface area contributed by atoms with Gasteiger partial charge >= 0.3 is 5.97 Å². The molecule has 6 heteroatoms. The molecule has 1 aliphatic rings. The number of benzene rings is 2. The van der Waals surface area contributed by atoms with E-state index >= 15 is 0 Å². The molecule has 5 nitrogen and oxygen atoms in total. The highest BCUT2D eigenvalue weighted by molar-refractivity contribution is 6.30. The van der Waals surface area contributed by atoms with Gasteiger partial charge in [0, 0.05) is 23.5 Å². The molecule has 2 aromatic carbocycles. The van der Waals surface area contributed by atoms with E-state index in [1.54, 1.807) is 6.07 Å². The number of fused-ring (bicyclic) bond motifs is 1. The number of aliphatic carboxylic acids is 1. The minimum atomic E-state index is -0.838. The lowest BCUT2D eigenvalue weighted by Gasteiger charge is -2.31. The fourth-order valence-corrected chi connectivity index (χ4v) is 4.98. The Morgan fingerprint density at radius 3 is 2.52 bits per heavy atom. The molecule has 2 aromatic rings. The number of aliphatic hydroxyl groups excluding tert-OH is 1. The summed E-state index contributed by atoms with van der Waals surface area (Å²) >= 11 is 6.15. The first kappa shape index (κ1) is 25.7. The molecule has 2 atom stereocenters. The van der Waals surface area contributed by atoms with Gasteiger partial charge in [-0.3, -0.25) is 4.79 Å². The highest BCUT2D eigenvalue weighted by Crippen LogP contribution is 2.32. The first-order valence-electron chi connectivity index (χ1n) is 11.7. The quantitative estimate of drug-likeness (QED) is 0.405. The smallest absolute Gasteiger partial charge is 0.303 e. The SMILES string of the molecule is C[C@@H](OC[C@H](O)CNC(C)(C)CC1Cc2ccccc2C1)c1cc(Cl)ccc1CCC(=O)O. The fraction of sp³-hybridized carbons (Fsp3) is 0.519. The molecule has 0 amide bonds. The number of nitrogens with one attached hydrogen (secondary N) is 1. The van der Waals surface area contributed by atoms with Crippen molar-refractivity contribution in [2.45, 2.75) is 70.6 Å². The summed E-state index contributed by atoms with van der Waals surface area (Å²) < 4.78 is 5.94. The van der Waals surface area contributed by atoms with Crippen LogP contribution in [0.15, 0.2) is 42.5 Å². The van der Waals surface area contributed by atoms with Crippen LogP contribution in [-0.4, -0.2) is 41.0 Å². The summed E-state index contributed by atoms with van der Waals surface area (Å²) in [4.78, 5) is 11.0. The monoisotopic (exact) mass is 473 g/mol. The minimum absolute atomic E-state index is 0.0507. The predicted octanol–water partition coefficient (Wildman–Crippen LogP) is 4.97. The van der Waals surface area contributed by atoms with Crippen LogP contribution in [0.5, 0.6) is 0 Å². The Balaban J connectivity index is 1.46. The number of carboxylic acid groups (broad SMARTS) is 1. The standard InChI is InChI=1S/C27H36ClNO4/c1-18(25-14-23(28)10-8-20(25)9-11-26(31)32)33-17-24(30)16-29-27(2,3)15-19-12-21-6-4-5-7-22(21)13-19/h4-8,10,14,18-19,24,29-30H,9,11-13,15-17H2,1-3H3,(H,31,32)/t18-,24-/m1/s1. The molecule has 0 aliphatic heterocycles. The summed E-state index contributed by atoms with van der Waals surface area (Å²) in [6.07, 6.45) is 2.80. The molecular weight excluding hydrogens is 438 g/mol. The Bertz CT molecular complexity index is 920. The maximum atomic E-state index is 11.0. The van der Waals surface area contributed by atoms with Crippen molar-refractivity contribution >= 4 is 17.6 Å². The number of halogens is 1. The summed E-state index contributed by atoms with van der Waals surface area (Å²) in [7, 11) is 0. The van der Waals surface area contributed by atoms with Gasteiger partial charge in [-0.2, -0.15) is 0 Å². The lowest BCUT2D eigenvalue weighted by Crippen LogP contribution is -2.45. The van der Waals surface area contributed by atoms with E-state index in [4.69, 9.17) is 21.4 Å².